The predicted molar refractivity (Wildman–Crippen MR) is 238 cm³/mol. The van der Waals surface area contributed by atoms with Gasteiger partial charge in [0.2, 0.25) is 0 Å². The maximum atomic E-state index is 13.7. The van der Waals surface area contributed by atoms with E-state index in [1.54, 1.807) is 0 Å². The Kier molecular flexibility index (Phi) is 14.6. The van der Waals surface area contributed by atoms with Gasteiger partial charge >= 0.3 is 7.49 Å². The van der Waals surface area contributed by atoms with E-state index >= 15 is 0 Å². The van der Waals surface area contributed by atoms with Crippen LogP contribution in [0.25, 0.3) is 32.7 Å². The molecule has 52 heavy (non-hydrogen) atoms. The van der Waals surface area contributed by atoms with Crippen LogP contribution < -0.4 is 21.2 Å². The lowest BCUT2D eigenvalue weighted by Crippen LogP contribution is -2.35. The van der Waals surface area contributed by atoms with Crippen molar-refractivity contribution in [2.45, 2.75) is 96.8 Å². The fraction of sp³-hybridized carbons (Fsp3) is 0.333. The summed E-state index contributed by atoms with van der Waals surface area (Å²) in [7, 11) is -1.22. The standard InChI is InChI=1S/C48H57OP3/c1-2-3-4-5-6-7-8-9-10-11-12-13-14-25-38-52(41-28-17-15-18-29-41,42-30-19-16-20-31-42)46-37-35-40-27-22-24-33-44(40)48(46)47-43-32-23-21-26-39(43)34-36-45(47)51(49)50/h15-24,26-37H,2-14,25,38,50H2,1H3/q+2. The normalized spacial score (nSPS) is 12.1. The molecule has 6 rings (SSSR count). The fourth-order valence-electron chi connectivity index (χ4n) is 8.26. The molecule has 2 unspecified atom stereocenters. The fourth-order valence-corrected chi connectivity index (χ4v) is 14.2. The van der Waals surface area contributed by atoms with Crippen LogP contribution in [-0.4, -0.2) is 6.16 Å². The average Bonchev–Trinajstić information content (AvgIpc) is 3.19. The molecule has 0 fully saturated rings. The minimum Gasteiger partial charge on any atom is -0.0661 e. The average molecular weight is 743 g/mol. The summed E-state index contributed by atoms with van der Waals surface area (Å²) in [6.45, 7) is 2.30. The van der Waals surface area contributed by atoms with Gasteiger partial charge in [0, 0.05) is 11.1 Å². The topological polar surface area (TPSA) is 17.1 Å². The smallest absolute Gasteiger partial charge is 0.0661 e. The van der Waals surface area contributed by atoms with E-state index in [1.807, 2.05) is 0 Å². The number of hydrogen-bond donors (Lipinski definition) is 0. The van der Waals surface area contributed by atoms with Gasteiger partial charge in [-0.05, 0) is 76.9 Å². The Balaban J connectivity index is 1.37. The van der Waals surface area contributed by atoms with E-state index in [0.717, 1.165) is 17.0 Å². The number of fused-ring (bicyclic) bond motifs is 2. The van der Waals surface area contributed by atoms with E-state index in [2.05, 4.69) is 149 Å². The minimum atomic E-state index is -2.17. The van der Waals surface area contributed by atoms with Gasteiger partial charge in [0.15, 0.2) is 5.30 Å². The first-order valence-electron chi connectivity index (χ1n) is 19.9. The molecule has 4 heteroatoms. The van der Waals surface area contributed by atoms with Crippen molar-refractivity contribution in [3.05, 3.63) is 133 Å². The second-order valence-corrected chi connectivity index (χ2v) is 20.6. The minimum absolute atomic E-state index is 0.909. The Bertz CT molecular complexity index is 1980. The second kappa shape index (κ2) is 19.8. The van der Waals surface area contributed by atoms with E-state index in [-0.39, 0.29) is 0 Å². The van der Waals surface area contributed by atoms with Crippen LogP contribution in [0.1, 0.15) is 96.8 Å². The predicted octanol–water partition coefficient (Wildman–Crippen LogP) is 13.7. The van der Waals surface area contributed by atoms with Crippen molar-refractivity contribution >= 4 is 66.4 Å². The van der Waals surface area contributed by atoms with Crippen molar-refractivity contribution in [1.29, 1.82) is 0 Å². The zero-order valence-corrected chi connectivity index (χ0v) is 34.1. The zero-order valence-electron chi connectivity index (χ0n) is 31.2. The van der Waals surface area contributed by atoms with Gasteiger partial charge in [0.05, 0.1) is 6.16 Å². The SMILES string of the molecule is CCCCCCCCCCCCCCCC[P+](c1ccccc1)(c1ccccc1)c1ccc2ccccc2c1-c1c([P+](=O)P)ccc2ccccc12. The lowest BCUT2D eigenvalue weighted by Gasteiger charge is -2.30. The van der Waals surface area contributed by atoms with Crippen molar-refractivity contribution < 1.29 is 4.57 Å². The Morgan fingerprint density at radius 2 is 0.885 bits per heavy atom. The maximum absolute atomic E-state index is 13.7. The summed E-state index contributed by atoms with van der Waals surface area (Å²) < 4.78 is 13.7. The lowest BCUT2D eigenvalue weighted by atomic mass is 9.93. The molecule has 0 aromatic heterocycles. The highest BCUT2D eigenvalue weighted by atomic mass is 32.0. The third-order valence-electron chi connectivity index (χ3n) is 11.0. The molecule has 6 aromatic carbocycles. The molecule has 0 aliphatic rings. The zero-order chi connectivity index (χ0) is 36.0. The number of benzene rings is 6. The van der Waals surface area contributed by atoms with E-state index in [4.69, 9.17) is 0 Å². The number of hydrogen-bond acceptors (Lipinski definition) is 1. The molecule has 0 spiro atoms. The highest BCUT2D eigenvalue weighted by Crippen LogP contribution is 2.59. The van der Waals surface area contributed by atoms with E-state index in [9.17, 15) is 4.57 Å². The van der Waals surface area contributed by atoms with Crippen molar-refractivity contribution in [2.24, 2.45) is 0 Å². The molecule has 0 heterocycles. The third kappa shape index (κ3) is 9.11. The van der Waals surface area contributed by atoms with Gasteiger partial charge in [-0.15, -0.1) is 0 Å². The third-order valence-corrected chi connectivity index (χ3v) is 17.2. The Morgan fingerprint density at radius 1 is 0.462 bits per heavy atom. The van der Waals surface area contributed by atoms with Gasteiger partial charge < -0.3 is 0 Å². The first kappa shape index (κ1) is 38.5. The Morgan fingerprint density at radius 3 is 1.38 bits per heavy atom. The molecular formula is C48H57OP3+2. The van der Waals surface area contributed by atoms with Crippen molar-refractivity contribution in [3.63, 3.8) is 0 Å². The van der Waals surface area contributed by atoms with E-state index < -0.39 is 14.8 Å². The summed E-state index contributed by atoms with van der Waals surface area (Å²) in [6.07, 6.45) is 20.1. The van der Waals surface area contributed by atoms with Crippen molar-refractivity contribution in [2.75, 3.05) is 6.16 Å². The van der Waals surface area contributed by atoms with E-state index in [1.165, 1.54) is 133 Å². The largest absolute Gasteiger partial charge is 0.387 e. The second-order valence-electron chi connectivity index (χ2n) is 14.5. The summed E-state index contributed by atoms with van der Waals surface area (Å²) in [4.78, 5) is 0. The monoisotopic (exact) mass is 742 g/mol. The molecule has 0 bridgehead atoms. The molecule has 0 aliphatic heterocycles. The molecule has 0 saturated heterocycles. The van der Waals surface area contributed by atoms with Gasteiger partial charge in [0.1, 0.15) is 32.1 Å². The summed E-state index contributed by atoms with van der Waals surface area (Å²) in [5.41, 5.74) is 2.38. The molecule has 6 aromatic rings. The highest BCUT2D eigenvalue weighted by molar-refractivity contribution is 8.10. The Labute approximate surface area is 317 Å². The van der Waals surface area contributed by atoms with Crippen LogP contribution >= 0.6 is 23.7 Å². The molecule has 0 aliphatic carbocycles. The summed E-state index contributed by atoms with van der Waals surface area (Å²) >= 11 is 0. The van der Waals surface area contributed by atoms with Crippen LogP contribution in [0.3, 0.4) is 0 Å². The quantitative estimate of drug-likeness (QED) is 0.0562. The number of unbranched alkanes of at least 4 members (excludes halogenated alkanes) is 13. The van der Waals surface area contributed by atoms with Crippen LogP contribution in [0.4, 0.5) is 0 Å². The maximum Gasteiger partial charge on any atom is 0.387 e. The van der Waals surface area contributed by atoms with Crippen LogP contribution in [0.5, 0.6) is 0 Å². The molecule has 0 amide bonds. The first-order valence-corrected chi connectivity index (χ1v) is 24.8. The number of rotatable bonds is 20. The van der Waals surface area contributed by atoms with Crippen LogP contribution in [0.15, 0.2) is 133 Å². The van der Waals surface area contributed by atoms with E-state index in [0.29, 0.717) is 0 Å². The van der Waals surface area contributed by atoms with Crippen LogP contribution in [0, 0.1) is 0 Å². The lowest BCUT2D eigenvalue weighted by molar-refractivity contribution is 0.538. The summed E-state index contributed by atoms with van der Waals surface area (Å²) in [6, 6.07) is 49.2. The van der Waals surface area contributed by atoms with Crippen LogP contribution in [-0.2, 0) is 4.57 Å². The van der Waals surface area contributed by atoms with Gasteiger partial charge in [0.25, 0.3) is 0 Å². The molecule has 0 N–H and O–H groups in total. The molecule has 1 nitrogen and oxygen atoms in total. The van der Waals surface area contributed by atoms with Gasteiger partial charge in [-0.25, -0.2) is 0 Å². The summed E-state index contributed by atoms with van der Waals surface area (Å²) in [5.74, 6) is 0. The Hall–Kier alpha value is -3.20. The van der Waals surface area contributed by atoms with Gasteiger partial charge in [-0.3, -0.25) is 0 Å². The molecule has 268 valence electrons. The van der Waals surface area contributed by atoms with Gasteiger partial charge in [-0.1, -0.05) is 180 Å². The molecular weight excluding hydrogens is 685 g/mol. The molecule has 2 atom stereocenters. The molecule has 0 radical (unpaired) electrons. The van der Waals surface area contributed by atoms with Gasteiger partial charge in [-0.2, -0.15) is 0 Å². The van der Waals surface area contributed by atoms with Crippen molar-refractivity contribution in [3.8, 4) is 11.1 Å². The highest BCUT2D eigenvalue weighted by Gasteiger charge is 2.47. The summed E-state index contributed by atoms with van der Waals surface area (Å²) in [5, 5.41) is 9.95. The van der Waals surface area contributed by atoms with Crippen LogP contribution in [0.2, 0.25) is 0 Å². The molecule has 0 saturated carbocycles. The first-order chi connectivity index (χ1) is 25.6. The van der Waals surface area contributed by atoms with Crippen molar-refractivity contribution in [1.82, 2.24) is 0 Å².